The lowest BCUT2D eigenvalue weighted by Crippen LogP contribution is -2.43. The highest BCUT2D eigenvalue weighted by Crippen LogP contribution is 2.39. The predicted molar refractivity (Wildman–Crippen MR) is 90.7 cm³/mol. The van der Waals surface area contributed by atoms with Gasteiger partial charge in [0, 0.05) is 21.9 Å². The zero-order valence-corrected chi connectivity index (χ0v) is 15.5. The topological polar surface area (TPSA) is 29.3 Å². The number of halogens is 2. The van der Waals surface area contributed by atoms with Crippen molar-refractivity contribution in [1.82, 2.24) is 4.90 Å². The van der Waals surface area contributed by atoms with Crippen molar-refractivity contribution in [2.75, 3.05) is 13.6 Å². The fourth-order valence-electron chi connectivity index (χ4n) is 3.14. The molecule has 1 aliphatic carbocycles. The molecule has 1 saturated carbocycles. The molecule has 1 heterocycles. The summed E-state index contributed by atoms with van der Waals surface area (Å²) in [6.45, 7) is 3.06. The van der Waals surface area contributed by atoms with E-state index < -0.39 is 0 Å². The average Bonchev–Trinajstić information content (AvgIpc) is 2.70. The lowest BCUT2D eigenvalue weighted by atomic mass is 9.84. The van der Waals surface area contributed by atoms with Crippen molar-refractivity contribution in [2.24, 2.45) is 11.7 Å². The fraction of sp³-hybridized carbons (Fsp3) is 0.714. The van der Waals surface area contributed by atoms with Crippen molar-refractivity contribution in [3.8, 4) is 0 Å². The van der Waals surface area contributed by atoms with Gasteiger partial charge < -0.3 is 5.73 Å². The second-order valence-corrected chi connectivity index (χ2v) is 8.77. The molecule has 0 aromatic carbocycles. The summed E-state index contributed by atoms with van der Waals surface area (Å²) in [6.07, 6.45) is 5.40. The number of hydrogen-bond donors (Lipinski definition) is 1. The molecule has 3 unspecified atom stereocenters. The number of thiophene rings is 1. The Morgan fingerprint density at radius 3 is 2.63 bits per heavy atom. The molecule has 1 aromatic rings. The van der Waals surface area contributed by atoms with E-state index in [4.69, 9.17) is 5.73 Å². The van der Waals surface area contributed by atoms with Crippen LogP contribution in [0.15, 0.2) is 14.3 Å². The molecule has 2 nitrogen and oxygen atoms in total. The van der Waals surface area contributed by atoms with Gasteiger partial charge in [-0.1, -0.05) is 19.8 Å². The highest BCUT2D eigenvalue weighted by atomic mass is 79.9. The summed E-state index contributed by atoms with van der Waals surface area (Å²) in [7, 11) is 2.24. The molecule has 0 spiro atoms. The van der Waals surface area contributed by atoms with Crippen molar-refractivity contribution in [3.05, 3.63) is 19.2 Å². The van der Waals surface area contributed by atoms with E-state index in [1.807, 2.05) is 0 Å². The van der Waals surface area contributed by atoms with Gasteiger partial charge in [0.05, 0.1) is 9.83 Å². The van der Waals surface area contributed by atoms with Crippen LogP contribution in [0.25, 0.3) is 0 Å². The summed E-state index contributed by atoms with van der Waals surface area (Å²) in [4.78, 5) is 3.86. The molecule has 1 aromatic heterocycles. The Hall–Kier alpha value is 0.580. The van der Waals surface area contributed by atoms with Gasteiger partial charge in [0.2, 0.25) is 0 Å². The maximum Gasteiger partial charge on any atom is 0.0843 e. The molecule has 2 N–H and O–H groups in total. The Bertz CT molecular complexity index is 402. The number of likely N-dealkylation sites (N-methyl/N-ethyl adjacent to an activating group) is 1. The van der Waals surface area contributed by atoms with Gasteiger partial charge in [0.1, 0.15) is 0 Å². The summed E-state index contributed by atoms with van der Waals surface area (Å²) >= 11 is 8.95. The van der Waals surface area contributed by atoms with Gasteiger partial charge in [0.15, 0.2) is 0 Å². The lowest BCUT2D eigenvalue weighted by Gasteiger charge is -2.40. The minimum atomic E-state index is 0.332. The normalized spacial score (nSPS) is 25.8. The number of nitrogens with zero attached hydrogens (tertiary/aromatic N) is 1. The average molecular weight is 410 g/mol. The Labute approximate surface area is 137 Å². The molecule has 2 rings (SSSR count). The minimum absolute atomic E-state index is 0.332. The van der Waals surface area contributed by atoms with Crippen LogP contribution < -0.4 is 5.73 Å². The van der Waals surface area contributed by atoms with Crippen LogP contribution in [0.5, 0.6) is 0 Å². The summed E-state index contributed by atoms with van der Waals surface area (Å²) in [5.74, 6) is 0.777. The molecule has 1 fully saturated rings. The van der Waals surface area contributed by atoms with Crippen LogP contribution in [0.2, 0.25) is 0 Å². The first kappa shape index (κ1) is 16.0. The monoisotopic (exact) mass is 408 g/mol. The van der Waals surface area contributed by atoms with Gasteiger partial charge in [-0.05, 0) is 63.7 Å². The van der Waals surface area contributed by atoms with Crippen LogP contribution in [0, 0.1) is 5.92 Å². The second kappa shape index (κ2) is 7.03. The third-order valence-electron chi connectivity index (χ3n) is 4.30. The molecule has 1 aliphatic rings. The third kappa shape index (κ3) is 3.62. The molecule has 0 aliphatic heterocycles. The Kier molecular flexibility index (Phi) is 5.90. The number of rotatable bonds is 4. The standard InChI is InChI=1S/C14H22Br2N2S/c1-9-5-3-4-6-11(9)18(2)12(8-17)13-7-10(15)14(16)19-13/h7,9,11-12H,3-6,8,17H2,1-2H3. The molecule has 19 heavy (non-hydrogen) atoms. The molecule has 108 valence electrons. The molecule has 0 radical (unpaired) electrons. The molecule has 5 heteroatoms. The predicted octanol–water partition coefficient (Wildman–Crippen LogP) is 4.78. The molecule has 0 amide bonds. The number of nitrogens with two attached hydrogens (primary N) is 1. The van der Waals surface area contributed by atoms with E-state index in [1.54, 1.807) is 11.3 Å². The largest absolute Gasteiger partial charge is 0.329 e. The van der Waals surface area contributed by atoms with Crippen LogP contribution in [0.3, 0.4) is 0 Å². The van der Waals surface area contributed by atoms with E-state index in [1.165, 1.54) is 30.6 Å². The summed E-state index contributed by atoms with van der Waals surface area (Å²) < 4.78 is 2.29. The van der Waals surface area contributed by atoms with Crippen LogP contribution in [0.1, 0.15) is 43.5 Å². The molecule has 0 bridgehead atoms. The Balaban J connectivity index is 2.16. The summed E-state index contributed by atoms with van der Waals surface area (Å²) in [5.41, 5.74) is 6.05. The van der Waals surface area contributed by atoms with Crippen LogP contribution in [-0.2, 0) is 0 Å². The summed E-state index contributed by atoms with van der Waals surface area (Å²) in [6, 6.07) is 3.20. The highest BCUT2D eigenvalue weighted by Gasteiger charge is 2.30. The van der Waals surface area contributed by atoms with Gasteiger partial charge in [-0.2, -0.15) is 0 Å². The van der Waals surface area contributed by atoms with Gasteiger partial charge in [0.25, 0.3) is 0 Å². The van der Waals surface area contributed by atoms with E-state index in [0.29, 0.717) is 18.6 Å². The zero-order chi connectivity index (χ0) is 14.0. The third-order valence-corrected chi connectivity index (χ3v) is 7.65. The summed E-state index contributed by atoms with van der Waals surface area (Å²) in [5, 5.41) is 0. The van der Waals surface area contributed by atoms with Crippen molar-refractivity contribution < 1.29 is 0 Å². The number of hydrogen-bond acceptors (Lipinski definition) is 3. The molecule has 3 atom stereocenters. The van der Waals surface area contributed by atoms with Crippen molar-refractivity contribution in [3.63, 3.8) is 0 Å². The van der Waals surface area contributed by atoms with Crippen LogP contribution in [0.4, 0.5) is 0 Å². The molecular formula is C14H22Br2N2S. The van der Waals surface area contributed by atoms with E-state index >= 15 is 0 Å². The highest BCUT2D eigenvalue weighted by molar-refractivity contribution is 9.13. The van der Waals surface area contributed by atoms with Crippen molar-refractivity contribution in [2.45, 2.75) is 44.7 Å². The van der Waals surface area contributed by atoms with Gasteiger partial charge in [-0.3, -0.25) is 4.90 Å². The van der Waals surface area contributed by atoms with Gasteiger partial charge in [-0.25, -0.2) is 0 Å². The van der Waals surface area contributed by atoms with Crippen molar-refractivity contribution in [1.29, 1.82) is 0 Å². The van der Waals surface area contributed by atoms with Gasteiger partial charge >= 0.3 is 0 Å². The quantitative estimate of drug-likeness (QED) is 0.774. The van der Waals surface area contributed by atoms with E-state index in [2.05, 4.69) is 56.8 Å². The van der Waals surface area contributed by atoms with Crippen LogP contribution in [-0.4, -0.2) is 24.5 Å². The molecule has 0 saturated heterocycles. The fourth-order valence-corrected chi connectivity index (χ4v) is 5.40. The van der Waals surface area contributed by atoms with E-state index in [9.17, 15) is 0 Å². The minimum Gasteiger partial charge on any atom is -0.329 e. The maximum atomic E-state index is 6.05. The first-order chi connectivity index (χ1) is 9.04. The van der Waals surface area contributed by atoms with Crippen LogP contribution >= 0.6 is 43.2 Å². The first-order valence-electron chi connectivity index (χ1n) is 6.91. The van der Waals surface area contributed by atoms with Gasteiger partial charge in [-0.15, -0.1) is 11.3 Å². The Morgan fingerprint density at radius 1 is 1.42 bits per heavy atom. The second-order valence-electron chi connectivity index (χ2n) is 5.52. The SMILES string of the molecule is CC1CCCCC1N(C)C(CN)c1cc(Br)c(Br)s1. The Morgan fingerprint density at radius 2 is 2.11 bits per heavy atom. The van der Waals surface area contributed by atoms with E-state index in [-0.39, 0.29) is 0 Å². The van der Waals surface area contributed by atoms with Crippen molar-refractivity contribution >= 4 is 43.2 Å². The van der Waals surface area contributed by atoms with E-state index in [0.717, 1.165) is 14.2 Å². The zero-order valence-electron chi connectivity index (χ0n) is 11.5. The molecular weight excluding hydrogens is 388 g/mol. The first-order valence-corrected chi connectivity index (χ1v) is 9.31. The lowest BCUT2D eigenvalue weighted by molar-refractivity contribution is 0.101. The maximum absolute atomic E-state index is 6.05. The smallest absolute Gasteiger partial charge is 0.0843 e.